The van der Waals surface area contributed by atoms with Crippen molar-refractivity contribution >= 4 is 11.5 Å². The van der Waals surface area contributed by atoms with E-state index in [1.54, 1.807) is 0 Å². The first-order valence-corrected chi connectivity index (χ1v) is 13.2. The molecule has 0 spiro atoms. The van der Waals surface area contributed by atoms with Crippen LogP contribution in [-0.4, -0.2) is 53.0 Å². The number of hydrogen-bond donors (Lipinski definition) is 3. The number of carbonyl (C=O) groups excluding carboxylic acids is 1. The zero-order chi connectivity index (χ0) is 24.3. The highest BCUT2D eigenvalue weighted by Gasteiger charge is 2.63. The fraction of sp³-hybridized carbons (Fsp3) is 0.690. The van der Waals surface area contributed by atoms with Crippen LogP contribution in [-0.2, 0) is 4.79 Å². The van der Waals surface area contributed by atoms with Crippen LogP contribution in [0.15, 0.2) is 35.4 Å². The van der Waals surface area contributed by atoms with Crippen molar-refractivity contribution < 1.29 is 20.1 Å². The lowest BCUT2D eigenvalue weighted by atomic mass is 9.49. The highest BCUT2D eigenvalue weighted by Crippen LogP contribution is 2.68. The molecule has 34 heavy (non-hydrogen) atoms. The minimum atomic E-state index is -0.984. The maximum atomic E-state index is 12.3. The van der Waals surface area contributed by atoms with E-state index in [1.807, 2.05) is 14.1 Å². The number of fused-ring (bicyclic) bond motifs is 4. The molecule has 0 bridgehead atoms. The number of anilines is 1. The van der Waals surface area contributed by atoms with Crippen molar-refractivity contribution in [1.82, 2.24) is 0 Å². The van der Waals surface area contributed by atoms with Crippen molar-refractivity contribution in [3.63, 3.8) is 0 Å². The van der Waals surface area contributed by atoms with Crippen LogP contribution < -0.4 is 4.90 Å². The zero-order valence-electron chi connectivity index (χ0n) is 21.0. The molecule has 6 atom stereocenters. The maximum absolute atomic E-state index is 12.3. The fourth-order valence-corrected chi connectivity index (χ4v) is 8.28. The summed E-state index contributed by atoms with van der Waals surface area (Å²) in [4.78, 5) is 14.4. The number of aliphatic hydroxyl groups excluding tert-OH is 1. The smallest absolute Gasteiger partial charge is 0.136 e. The van der Waals surface area contributed by atoms with Gasteiger partial charge in [-0.2, -0.15) is 0 Å². The van der Waals surface area contributed by atoms with Gasteiger partial charge >= 0.3 is 0 Å². The molecule has 3 fully saturated rings. The second kappa shape index (κ2) is 8.46. The number of benzene rings is 1. The van der Waals surface area contributed by atoms with Gasteiger partial charge in [-0.05, 0) is 86.5 Å². The van der Waals surface area contributed by atoms with E-state index in [2.05, 4.69) is 36.1 Å². The standard InChI is InChI=1S/C29H41NO4/c1-27-18-23(19-5-7-20(8-6-19)30(2)3)26-22(24(27)12-15-29(27,34)13-4-16-31)11-14-28(33)17-21(32)9-10-25(26)28/h5-8,22-24,31,33-34H,4,9-18H2,1-3H3/t22-,23+,24-,27-,28+,29-/m0/s1. The lowest BCUT2D eigenvalue weighted by Gasteiger charge is -2.56. The Morgan fingerprint density at radius 3 is 2.47 bits per heavy atom. The number of carbonyl (C=O) groups is 1. The van der Waals surface area contributed by atoms with Crippen LogP contribution in [0.2, 0.25) is 0 Å². The second-order valence-electron chi connectivity index (χ2n) is 12.0. The van der Waals surface area contributed by atoms with E-state index in [0.29, 0.717) is 43.9 Å². The normalized spacial score (nSPS) is 39.5. The second-order valence-corrected chi connectivity index (χ2v) is 12.0. The van der Waals surface area contributed by atoms with Crippen molar-refractivity contribution in [2.45, 2.75) is 88.3 Å². The Bertz CT molecular complexity index is 984. The minimum absolute atomic E-state index is 0.109. The molecule has 0 unspecified atom stereocenters. The number of Topliss-reactive ketones (excluding diaryl/α,β-unsaturated/α-hetero) is 1. The van der Waals surface area contributed by atoms with Gasteiger partial charge in [0.15, 0.2) is 0 Å². The lowest BCUT2D eigenvalue weighted by Crippen LogP contribution is -2.53. The molecule has 4 aliphatic carbocycles. The van der Waals surface area contributed by atoms with Gasteiger partial charge in [0.25, 0.3) is 0 Å². The summed E-state index contributed by atoms with van der Waals surface area (Å²) in [6, 6.07) is 8.77. The fourth-order valence-electron chi connectivity index (χ4n) is 8.28. The van der Waals surface area contributed by atoms with Gasteiger partial charge in [0.05, 0.1) is 11.2 Å². The Kier molecular flexibility index (Phi) is 5.98. The van der Waals surface area contributed by atoms with Crippen molar-refractivity contribution in [2.24, 2.45) is 17.3 Å². The van der Waals surface area contributed by atoms with Crippen molar-refractivity contribution in [3.8, 4) is 0 Å². The maximum Gasteiger partial charge on any atom is 0.136 e. The lowest BCUT2D eigenvalue weighted by molar-refractivity contribution is -0.126. The van der Waals surface area contributed by atoms with Crippen LogP contribution in [0.25, 0.3) is 0 Å². The summed E-state index contributed by atoms with van der Waals surface area (Å²) in [5.41, 5.74) is 2.93. The molecule has 0 amide bonds. The summed E-state index contributed by atoms with van der Waals surface area (Å²) < 4.78 is 0. The van der Waals surface area contributed by atoms with Crippen LogP contribution in [0.5, 0.6) is 0 Å². The highest BCUT2D eigenvalue weighted by molar-refractivity contribution is 5.82. The molecule has 3 saturated carbocycles. The van der Waals surface area contributed by atoms with Gasteiger partial charge in [-0.3, -0.25) is 4.79 Å². The summed E-state index contributed by atoms with van der Waals surface area (Å²) in [6.07, 6.45) is 6.87. The van der Waals surface area contributed by atoms with E-state index in [1.165, 1.54) is 11.1 Å². The third-order valence-corrected chi connectivity index (χ3v) is 10.1. The third kappa shape index (κ3) is 3.58. The molecular weight excluding hydrogens is 426 g/mol. The van der Waals surface area contributed by atoms with E-state index >= 15 is 0 Å². The molecule has 0 aromatic heterocycles. The number of rotatable bonds is 5. The summed E-state index contributed by atoms with van der Waals surface area (Å²) in [6.45, 7) is 2.40. The molecule has 0 radical (unpaired) electrons. The average Bonchev–Trinajstić information content (AvgIpc) is 3.07. The van der Waals surface area contributed by atoms with Crippen LogP contribution in [0.1, 0.15) is 82.6 Å². The Balaban J connectivity index is 1.63. The number of ketones is 1. The van der Waals surface area contributed by atoms with E-state index < -0.39 is 11.2 Å². The highest BCUT2D eigenvalue weighted by atomic mass is 16.3. The van der Waals surface area contributed by atoms with Gasteiger partial charge in [-0.15, -0.1) is 0 Å². The van der Waals surface area contributed by atoms with Crippen molar-refractivity contribution in [1.29, 1.82) is 0 Å². The van der Waals surface area contributed by atoms with E-state index in [0.717, 1.165) is 36.9 Å². The van der Waals surface area contributed by atoms with E-state index in [-0.39, 0.29) is 30.1 Å². The monoisotopic (exact) mass is 467 g/mol. The summed E-state index contributed by atoms with van der Waals surface area (Å²) in [5, 5.41) is 33.1. The molecule has 5 heteroatoms. The summed E-state index contributed by atoms with van der Waals surface area (Å²) >= 11 is 0. The Hall–Kier alpha value is -1.69. The molecule has 0 aliphatic heterocycles. The Labute approximate surface area is 203 Å². The SMILES string of the molecule is CN(C)c1ccc([C@H]2C[C@@]3(C)[C@@H](CC[C@@]3(O)CCCO)[C@@H]3CC[C@@]4(O)CC(=O)CCC4=C32)cc1. The number of allylic oxidation sites excluding steroid dienone is 1. The first kappa shape index (κ1) is 24.0. The van der Waals surface area contributed by atoms with Crippen LogP contribution >= 0.6 is 0 Å². The molecule has 4 aliphatic rings. The van der Waals surface area contributed by atoms with E-state index in [9.17, 15) is 20.1 Å². The van der Waals surface area contributed by atoms with Crippen molar-refractivity contribution in [2.75, 3.05) is 25.6 Å². The number of nitrogens with zero attached hydrogens (tertiary/aromatic N) is 1. The molecule has 0 saturated heterocycles. The quantitative estimate of drug-likeness (QED) is 0.561. The molecule has 1 aromatic rings. The molecule has 1 aromatic carbocycles. The van der Waals surface area contributed by atoms with Gasteiger partial charge in [-0.1, -0.05) is 24.6 Å². The number of aliphatic hydroxyl groups is 3. The molecular formula is C29H41NO4. The first-order chi connectivity index (χ1) is 16.1. The Morgan fingerprint density at radius 1 is 1.06 bits per heavy atom. The summed E-state index contributed by atoms with van der Waals surface area (Å²) in [7, 11) is 4.09. The topological polar surface area (TPSA) is 81.0 Å². The third-order valence-electron chi connectivity index (χ3n) is 10.1. The average molecular weight is 468 g/mol. The van der Waals surface area contributed by atoms with Gasteiger partial charge in [0.2, 0.25) is 0 Å². The first-order valence-electron chi connectivity index (χ1n) is 13.2. The molecule has 5 nitrogen and oxygen atoms in total. The minimum Gasteiger partial charge on any atom is -0.396 e. The van der Waals surface area contributed by atoms with Gasteiger partial charge in [0, 0.05) is 50.6 Å². The van der Waals surface area contributed by atoms with Crippen LogP contribution in [0, 0.1) is 17.3 Å². The molecule has 3 N–H and O–H groups in total. The molecule has 5 rings (SSSR count). The van der Waals surface area contributed by atoms with E-state index in [4.69, 9.17) is 0 Å². The zero-order valence-corrected chi connectivity index (χ0v) is 21.0. The molecule has 186 valence electrons. The van der Waals surface area contributed by atoms with Crippen LogP contribution in [0.3, 0.4) is 0 Å². The Morgan fingerprint density at radius 2 is 1.79 bits per heavy atom. The predicted molar refractivity (Wildman–Crippen MR) is 134 cm³/mol. The summed E-state index contributed by atoms with van der Waals surface area (Å²) in [5.74, 6) is 1.02. The largest absolute Gasteiger partial charge is 0.396 e. The molecule has 0 heterocycles. The van der Waals surface area contributed by atoms with Crippen LogP contribution in [0.4, 0.5) is 5.69 Å². The van der Waals surface area contributed by atoms with Crippen molar-refractivity contribution in [3.05, 3.63) is 41.0 Å². The van der Waals surface area contributed by atoms with Gasteiger partial charge in [0.1, 0.15) is 5.78 Å². The van der Waals surface area contributed by atoms with Gasteiger partial charge < -0.3 is 20.2 Å². The predicted octanol–water partition coefficient (Wildman–Crippen LogP) is 4.35. The van der Waals surface area contributed by atoms with Gasteiger partial charge in [-0.25, -0.2) is 0 Å². The number of hydrogen-bond acceptors (Lipinski definition) is 5.